The Morgan fingerprint density at radius 3 is 2.58 bits per heavy atom. The van der Waals surface area contributed by atoms with Crippen LogP contribution in [0.15, 0.2) is 18.2 Å². The molecular formula is C31H39N3O11. The minimum atomic E-state index is -1.52. The molecule has 0 bridgehead atoms. The third kappa shape index (κ3) is 6.59. The first-order chi connectivity index (χ1) is 21.7. The average molecular weight is 630 g/mol. The van der Waals surface area contributed by atoms with Crippen LogP contribution in [-0.2, 0) is 30.3 Å². The number of hydrogen-bond donors (Lipinski definition) is 6. The van der Waals surface area contributed by atoms with Crippen molar-refractivity contribution in [3.8, 4) is 17.2 Å². The normalized spacial score (nSPS) is 24.4. The van der Waals surface area contributed by atoms with E-state index in [1.54, 1.807) is 13.1 Å². The molecule has 2 aliphatic heterocycles. The van der Waals surface area contributed by atoms with Crippen molar-refractivity contribution in [3.05, 3.63) is 51.6 Å². The van der Waals surface area contributed by atoms with Gasteiger partial charge in [0.15, 0.2) is 12.1 Å². The highest BCUT2D eigenvalue weighted by Gasteiger charge is 2.42. The number of aldehydes is 1. The summed E-state index contributed by atoms with van der Waals surface area (Å²) in [6.07, 6.45) is -3.70. The Kier molecular flexibility index (Phi) is 10.5. The Bertz CT molecular complexity index is 1430. The smallest absolute Gasteiger partial charge is 0.202 e. The molecule has 6 N–H and O–H groups in total. The first-order valence-corrected chi connectivity index (χ1v) is 14.9. The van der Waals surface area contributed by atoms with E-state index < -0.39 is 53.2 Å². The fourth-order valence-corrected chi connectivity index (χ4v) is 6.07. The van der Waals surface area contributed by atoms with Crippen molar-refractivity contribution in [3.63, 3.8) is 0 Å². The van der Waals surface area contributed by atoms with E-state index in [1.165, 1.54) is 19.2 Å². The molecule has 14 nitrogen and oxygen atoms in total. The van der Waals surface area contributed by atoms with Crippen LogP contribution in [0.1, 0.15) is 75.3 Å². The number of phenolic OH excluding ortho intramolecular Hbond substituents is 2. The number of hydrogen-bond acceptors (Lipinski definition) is 14. The molecule has 0 aromatic heterocycles. The van der Waals surface area contributed by atoms with Crippen molar-refractivity contribution in [2.75, 3.05) is 33.9 Å². The van der Waals surface area contributed by atoms with Crippen LogP contribution in [0, 0.1) is 0 Å². The van der Waals surface area contributed by atoms with Crippen molar-refractivity contribution >= 4 is 17.9 Å². The van der Waals surface area contributed by atoms with Gasteiger partial charge in [-0.15, -0.1) is 0 Å². The summed E-state index contributed by atoms with van der Waals surface area (Å²) < 4.78 is 29.4. The van der Waals surface area contributed by atoms with E-state index >= 15 is 0 Å². The first kappa shape index (κ1) is 32.9. The lowest BCUT2D eigenvalue weighted by molar-refractivity contribution is -0.255. The predicted octanol–water partition coefficient (Wildman–Crippen LogP) is 0.970. The number of aromatic hydroxyl groups is 2. The maximum Gasteiger partial charge on any atom is 0.202 e. The Morgan fingerprint density at radius 2 is 1.91 bits per heavy atom. The Hall–Kier alpha value is -3.47. The molecule has 14 heteroatoms. The summed E-state index contributed by atoms with van der Waals surface area (Å²) in [4.78, 5) is 39.1. The second-order valence-corrected chi connectivity index (χ2v) is 11.1. The van der Waals surface area contributed by atoms with E-state index in [0.29, 0.717) is 38.9 Å². The van der Waals surface area contributed by atoms with Crippen molar-refractivity contribution in [1.82, 2.24) is 16.2 Å². The summed E-state index contributed by atoms with van der Waals surface area (Å²) in [5, 5.41) is 37.0. The van der Waals surface area contributed by atoms with Gasteiger partial charge in [0.05, 0.1) is 55.3 Å². The molecule has 1 aliphatic carbocycles. The van der Waals surface area contributed by atoms with Gasteiger partial charge in [-0.25, -0.2) is 0 Å². The molecule has 2 fully saturated rings. The topological polar surface area (TPSA) is 194 Å². The molecule has 2 saturated heterocycles. The number of carbonyl (C=O) groups is 3. The minimum absolute atomic E-state index is 0.0161. The molecule has 2 heterocycles. The van der Waals surface area contributed by atoms with Crippen LogP contribution >= 0.6 is 0 Å². The number of aliphatic hydroxyl groups is 1. The summed E-state index contributed by atoms with van der Waals surface area (Å²) in [6, 6.07) is 4.51. The number of morpholine rings is 1. The van der Waals surface area contributed by atoms with Crippen LogP contribution < -0.4 is 20.9 Å². The van der Waals surface area contributed by atoms with Gasteiger partial charge in [-0.1, -0.05) is 12.1 Å². The van der Waals surface area contributed by atoms with Gasteiger partial charge in [0.25, 0.3) is 0 Å². The maximum atomic E-state index is 13.9. The molecule has 2 aromatic rings. The summed E-state index contributed by atoms with van der Waals surface area (Å²) >= 11 is 0. The molecular weight excluding hydrogens is 590 g/mol. The Labute approximate surface area is 259 Å². The van der Waals surface area contributed by atoms with Crippen molar-refractivity contribution < 1.29 is 53.4 Å². The molecule has 0 amide bonds. The van der Waals surface area contributed by atoms with E-state index in [4.69, 9.17) is 23.7 Å². The van der Waals surface area contributed by atoms with Crippen LogP contribution in [0.4, 0.5) is 0 Å². The second-order valence-electron chi connectivity index (χ2n) is 11.1. The van der Waals surface area contributed by atoms with Gasteiger partial charge in [0.1, 0.15) is 35.9 Å². The fourth-order valence-electron chi connectivity index (χ4n) is 6.07. The lowest BCUT2D eigenvalue weighted by Crippen LogP contribution is -2.49. The van der Waals surface area contributed by atoms with Crippen LogP contribution in [0.25, 0.3) is 0 Å². The molecule has 0 saturated carbocycles. The minimum Gasteiger partial charge on any atom is -0.507 e. The number of methoxy groups -OCH3 is 1. The highest BCUT2D eigenvalue weighted by Crippen LogP contribution is 2.48. The summed E-state index contributed by atoms with van der Waals surface area (Å²) in [6.45, 7) is 3.40. The summed E-state index contributed by atoms with van der Waals surface area (Å²) in [5.74, 6) is -2.46. The number of rotatable bonds is 12. The highest BCUT2D eigenvalue weighted by atomic mass is 16.7. The molecule has 5 rings (SSSR count). The lowest BCUT2D eigenvalue weighted by Gasteiger charge is -2.39. The van der Waals surface area contributed by atoms with Gasteiger partial charge in [-0.2, -0.15) is 0 Å². The number of fused-ring (bicyclic) bond motifs is 2. The number of carbonyl (C=O) groups excluding carboxylic acids is 3. The molecule has 244 valence electrons. The standard InChI is InChI=1S/C31H39N3O11/c1-15-19(44-22-14-42-10-9-33-22)7-8-23(43-15)45-21(11-16(36)13-35)25-18(12-34-32-2)29(38)26-27(31(25)40)30(39)24-17(28(26)37)5-4-6-20(24)41-3/h4-6,13,15-16,19,21-23,32-34,36,38,40H,7-12,14H2,1-3H3/t15-,16-,19-,21-,22?,23?/m0/s1. The van der Waals surface area contributed by atoms with Gasteiger partial charge < -0.3 is 43.8 Å². The van der Waals surface area contributed by atoms with Gasteiger partial charge in [0.2, 0.25) is 5.78 Å². The number of hydrazine groups is 1. The van der Waals surface area contributed by atoms with E-state index in [9.17, 15) is 29.7 Å². The Morgan fingerprint density at radius 1 is 1.13 bits per heavy atom. The van der Waals surface area contributed by atoms with Crippen LogP contribution in [0.2, 0.25) is 0 Å². The first-order valence-electron chi connectivity index (χ1n) is 14.9. The van der Waals surface area contributed by atoms with Crippen LogP contribution in [0.5, 0.6) is 17.2 Å². The summed E-state index contributed by atoms with van der Waals surface area (Å²) in [7, 11) is 2.93. The van der Waals surface area contributed by atoms with E-state index in [1.807, 2.05) is 6.92 Å². The van der Waals surface area contributed by atoms with Gasteiger partial charge in [-0.05, 0) is 26.5 Å². The molecule has 45 heavy (non-hydrogen) atoms. The number of ketones is 2. The molecule has 2 unspecified atom stereocenters. The number of nitrogens with one attached hydrogen (secondary N) is 3. The zero-order chi connectivity index (χ0) is 32.2. The SMILES string of the molecule is CNNCc1c(O)c2c(c(O)c1[C@H](C[C@H](O)C=O)OC1CC[C@H](OC3COCCN3)[C@H](C)O1)C(=O)c1c(OC)cccc1C2=O. The number of benzene rings is 2. The predicted molar refractivity (Wildman–Crippen MR) is 157 cm³/mol. The molecule has 6 atom stereocenters. The quantitative estimate of drug-likeness (QED) is 0.0942. The second kappa shape index (κ2) is 14.3. The molecule has 3 aliphatic rings. The number of phenols is 2. The molecule has 0 radical (unpaired) electrons. The van der Waals surface area contributed by atoms with Crippen LogP contribution in [-0.4, -0.2) is 97.9 Å². The maximum absolute atomic E-state index is 13.9. The summed E-state index contributed by atoms with van der Waals surface area (Å²) in [5.41, 5.74) is 4.68. The van der Waals surface area contributed by atoms with Crippen LogP contribution in [0.3, 0.4) is 0 Å². The van der Waals surface area contributed by atoms with Gasteiger partial charge >= 0.3 is 0 Å². The molecule has 0 spiro atoms. The third-order valence-corrected chi connectivity index (χ3v) is 8.26. The van der Waals surface area contributed by atoms with Crippen molar-refractivity contribution in [1.29, 1.82) is 0 Å². The average Bonchev–Trinajstić information content (AvgIpc) is 3.04. The monoisotopic (exact) mass is 629 g/mol. The zero-order valence-electron chi connectivity index (χ0n) is 25.3. The third-order valence-electron chi connectivity index (χ3n) is 8.26. The van der Waals surface area contributed by atoms with Crippen molar-refractivity contribution in [2.45, 2.75) is 69.7 Å². The van der Waals surface area contributed by atoms with Gasteiger partial charge in [-0.3, -0.25) is 25.8 Å². The molecule has 2 aromatic carbocycles. The number of ether oxygens (including phenoxy) is 5. The number of aliphatic hydroxyl groups excluding tert-OH is 1. The largest absolute Gasteiger partial charge is 0.507 e. The van der Waals surface area contributed by atoms with E-state index in [-0.39, 0.29) is 58.9 Å². The Balaban J connectivity index is 1.53. The van der Waals surface area contributed by atoms with Gasteiger partial charge in [0, 0.05) is 42.6 Å². The zero-order valence-corrected chi connectivity index (χ0v) is 25.3. The van der Waals surface area contributed by atoms with Crippen molar-refractivity contribution in [2.24, 2.45) is 0 Å². The van der Waals surface area contributed by atoms with E-state index in [0.717, 1.165) is 0 Å². The van der Waals surface area contributed by atoms with E-state index in [2.05, 4.69) is 16.2 Å². The fraction of sp³-hybridized carbons (Fsp3) is 0.516. The highest BCUT2D eigenvalue weighted by molar-refractivity contribution is 6.31. The lowest BCUT2D eigenvalue weighted by atomic mass is 9.79.